The van der Waals surface area contributed by atoms with Gasteiger partial charge < -0.3 is 35.4 Å². The van der Waals surface area contributed by atoms with Gasteiger partial charge in [0.05, 0.1) is 42.4 Å². The van der Waals surface area contributed by atoms with Crippen LogP contribution in [0.1, 0.15) is 41.1 Å². The molecule has 4 aromatic rings. The number of aromatic nitrogens is 3. The summed E-state index contributed by atoms with van der Waals surface area (Å²) in [5.74, 6) is 3.35. The number of nitrogen functional groups attached to an aromatic ring is 2. The van der Waals surface area contributed by atoms with E-state index in [1.165, 1.54) is 25.0 Å². The molecule has 2 aromatic heterocycles. The molecule has 1 fully saturated rings. The summed E-state index contributed by atoms with van der Waals surface area (Å²) in [6.45, 7) is 0. The van der Waals surface area contributed by atoms with E-state index >= 15 is 8.78 Å². The van der Waals surface area contributed by atoms with Crippen LogP contribution < -0.4 is 31.1 Å². The summed E-state index contributed by atoms with van der Waals surface area (Å²) in [4.78, 5) is 31.8. The van der Waals surface area contributed by atoms with Gasteiger partial charge in [-0.3, -0.25) is 4.79 Å². The maximum absolute atomic E-state index is 15.9. The number of ether oxygens (including phenoxy) is 3. The number of methoxy groups -OCH3 is 2. The van der Waals surface area contributed by atoms with Gasteiger partial charge in [0, 0.05) is 24.2 Å². The highest BCUT2D eigenvalue weighted by Crippen LogP contribution is 2.39. The van der Waals surface area contributed by atoms with Gasteiger partial charge in [-0.25, -0.2) is 18.6 Å². The van der Waals surface area contributed by atoms with Gasteiger partial charge in [0.25, 0.3) is 0 Å². The molecule has 41 heavy (non-hydrogen) atoms. The Morgan fingerprint density at radius 2 is 1.90 bits per heavy atom. The van der Waals surface area contributed by atoms with Crippen molar-refractivity contribution in [3.63, 3.8) is 0 Å². The van der Waals surface area contributed by atoms with Crippen LogP contribution in [-0.2, 0) is 6.42 Å². The lowest BCUT2D eigenvalue weighted by molar-refractivity contribution is 0.143. The second kappa shape index (κ2) is 10.6. The number of fused-ring (bicyclic) bond motifs is 1. The summed E-state index contributed by atoms with van der Waals surface area (Å²) in [6.07, 6.45) is 2.50. The Hall–Kier alpha value is -5.38. The van der Waals surface area contributed by atoms with Crippen LogP contribution >= 0.6 is 0 Å². The fraction of sp³-hybridized carbons (Fsp3) is 0.214. The fourth-order valence-corrected chi connectivity index (χ4v) is 4.48. The number of nitrogens with two attached hydrogens (primary N) is 2. The first-order chi connectivity index (χ1) is 19.6. The lowest BCUT2D eigenvalue weighted by Crippen LogP contribution is -2.17. The van der Waals surface area contributed by atoms with Crippen LogP contribution in [0.5, 0.6) is 17.2 Å². The van der Waals surface area contributed by atoms with E-state index in [1.54, 1.807) is 12.1 Å². The van der Waals surface area contributed by atoms with Crippen molar-refractivity contribution >= 4 is 28.8 Å². The topological polar surface area (TPSA) is 165 Å². The summed E-state index contributed by atoms with van der Waals surface area (Å²) >= 11 is 0. The van der Waals surface area contributed by atoms with Gasteiger partial charge in [0.2, 0.25) is 11.4 Å². The molecule has 210 valence electrons. The average molecular weight is 564 g/mol. The Morgan fingerprint density at radius 1 is 1.15 bits per heavy atom. The standard InChI is InChI=1S/C28H23F2N5O6/c1-39-20-9-13(8-15-11-33-27(32)34-26(15)31)7-14(25(20)40-2)3-6-17-19(29)10-18-23(22(17)30)35(16-4-5-16)12-21(24(18)36)41-28(37)38/h7,9-12,16H,4-5,8H2,1-2H3,(H,37,38)(H4,31,32,33,34). The SMILES string of the molecule is COc1cc(Cc2cnc(N)nc2N)cc(C#Cc2c(F)cc3c(=O)c(OC(=O)O)cn(C4CC4)c3c2F)c1OC. The van der Waals surface area contributed by atoms with Crippen LogP contribution in [-0.4, -0.2) is 40.0 Å². The molecule has 2 heterocycles. The molecule has 0 saturated heterocycles. The quantitative estimate of drug-likeness (QED) is 0.233. The first kappa shape index (κ1) is 27.2. The Morgan fingerprint density at radius 3 is 2.54 bits per heavy atom. The maximum Gasteiger partial charge on any atom is 0.511 e. The van der Waals surface area contributed by atoms with E-state index in [0.717, 1.165) is 12.3 Å². The zero-order chi connectivity index (χ0) is 29.4. The van der Waals surface area contributed by atoms with E-state index in [0.29, 0.717) is 29.7 Å². The number of anilines is 2. The molecule has 1 aliphatic carbocycles. The van der Waals surface area contributed by atoms with Crippen molar-refractivity contribution in [2.24, 2.45) is 0 Å². The number of nitrogens with zero attached hydrogens (tertiary/aromatic N) is 3. The first-order valence-corrected chi connectivity index (χ1v) is 12.2. The van der Waals surface area contributed by atoms with E-state index in [4.69, 9.17) is 26.0 Å². The number of carboxylic acid groups (broad SMARTS) is 1. The van der Waals surface area contributed by atoms with Crippen molar-refractivity contribution in [2.75, 3.05) is 25.7 Å². The van der Waals surface area contributed by atoms with E-state index in [2.05, 4.69) is 26.5 Å². The summed E-state index contributed by atoms with van der Waals surface area (Å²) < 4.78 is 48.0. The van der Waals surface area contributed by atoms with Crippen molar-refractivity contribution in [3.05, 3.63) is 74.7 Å². The molecule has 0 unspecified atom stereocenters. The Labute approximate surface area is 231 Å². The van der Waals surface area contributed by atoms with Crippen molar-refractivity contribution in [1.29, 1.82) is 0 Å². The summed E-state index contributed by atoms with van der Waals surface area (Å²) in [7, 11) is 2.83. The number of hydrogen-bond donors (Lipinski definition) is 3. The monoisotopic (exact) mass is 563 g/mol. The average Bonchev–Trinajstić information content (AvgIpc) is 3.77. The van der Waals surface area contributed by atoms with Gasteiger partial charge in [0.1, 0.15) is 11.6 Å². The highest BCUT2D eigenvalue weighted by atomic mass is 19.1. The predicted octanol–water partition coefficient (Wildman–Crippen LogP) is 3.63. The zero-order valence-electron chi connectivity index (χ0n) is 21.8. The van der Waals surface area contributed by atoms with Crippen molar-refractivity contribution < 1.29 is 32.9 Å². The largest absolute Gasteiger partial charge is 0.511 e. The number of pyridine rings is 1. The number of carbonyl (C=O) groups is 1. The molecule has 0 amide bonds. The summed E-state index contributed by atoms with van der Waals surface area (Å²) in [5.41, 5.74) is 11.3. The van der Waals surface area contributed by atoms with E-state index in [9.17, 15) is 9.59 Å². The molecule has 1 aliphatic rings. The van der Waals surface area contributed by atoms with Crippen LogP contribution in [0.25, 0.3) is 10.9 Å². The molecule has 5 rings (SSSR count). The van der Waals surface area contributed by atoms with Gasteiger partial charge in [-0.1, -0.05) is 11.8 Å². The molecule has 0 spiro atoms. The molecule has 13 heteroatoms. The van der Waals surface area contributed by atoms with Crippen LogP contribution in [0.2, 0.25) is 0 Å². The van der Waals surface area contributed by atoms with Crippen LogP contribution in [0, 0.1) is 23.5 Å². The van der Waals surface area contributed by atoms with Crippen LogP contribution in [0.3, 0.4) is 0 Å². The van der Waals surface area contributed by atoms with Gasteiger partial charge in [-0.05, 0) is 36.6 Å². The minimum Gasteiger partial charge on any atom is -0.493 e. The van der Waals surface area contributed by atoms with Crippen LogP contribution in [0.15, 0.2) is 35.4 Å². The highest BCUT2D eigenvalue weighted by Gasteiger charge is 2.29. The summed E-state index contributed by atoms with van der Waals surface area (Å²) in [6, 6.07) is 3.97. The normalized spacial score (nSPS) is 12.5. The van der Waals surface area contributed by atoms with Crippen molar-refractivity contribution in [3.8, 4) is 29.1 Å². The maximum atomic E-state index is 15.9. The minimum atomic E-state index is -1.72. The third-order valence-electron chi connectivity index (χ3n) is 6.48. The molecular weight excluding hydrogens is 540 g/mol. The van der Waals surface area contributed by atoms with E-state index < -0.39 is 34.5 Å². The molecular formula is C28H23F2N5O6. The molecule has 0 bridgehead atoms. The minimum absolute atomic E-state index is 0.0299. The molecule has 1 saturated carbocycles. The molecule has 0 atom stereocenters. The van der Waals surface area contributed by atoms with Gasteiger partial charge >= 0.3 is 6.16 Å². The first-order valence-electron chi connectivity index (χ1n) is 12.2. The van der Waals surface area contributed by atoms with E-state index in [-0.39, 0.29) is 46.4 Å². The Balaban J connectivity index is 1.64. The third kappa shape index (κ3) is 5.27. The number of halogens is 2. The molecule has 5 N–H and O–H groups in total. The number of hydrogen-bond acceptors (Lipinski definition) is 9. The highest BCUT2D eigenvalue weighted by molar-refractivity contribution is 5.84. The fourth-order valence-electron chi connectivity index (χ4n) is 4.48. The van der Waals surface area contributed by atoms with Crippen molar-refractivity contribution in [1.82, 2.24) is 14.5 Å². The Bertz CT molecular complexity index is 1840. The molecule has 2 aromatic carbocycles. The second-order valence-electron chi connectivity index (χ2n) is 9.22. The van der Waals surface area contributed by atoms with E-state index in [1.807, 2.05) is 0 Å². The lowest BCUT2D eigenvalue weighted by Gasteiger charge is -2.14. The smallest absolute Gasteiger partial charge is 0.493 e. The number of rotatable bonds is 6. The molecule has 11 nitrogen and oxygen atoms in total. The summed E-state index contributed by atoms with van der Waals surface area (Å²) in [5, 5.41) is 8.61. The predicted molar refractivity (Wildman–Crippen MR) is 144 cm³/mol. The number of benzene rings is 2. The Kier molecular flexibility index (Phi) is 7.06. The van der Waals surface area contributed by atoms with Gasteiger partial charge in [0.15, 0.2) is 23.1 Å². The molecule has 0 radical (unpaired) electrons. The van der Waals surface area contributed by atoms with Gasteiger partial charge in [-0.2, -0.15) is 4.98 Å². The van der Waals surface area contributed by atoms with Crippen molar-refractivity contribution in [2.45, 2.75) is 25.3 Å². The molecule has 0 aliphatic heterocycles. The third-order valence-corrected chi connectivity index (χ3v) is 6.48. The van der Waals surface area contributed by atoms with Crippen LogP contribution in [0.4, 0.5) is 25.3 Å². The van der Waals surface area contributed by atoms with Gasteiger partial charge in [-0.15, -0.1) is 0 Å². The zero-order valence-corrected chi connectivity index (χ0v) is 21.8. The second-order valence-corrected chi connectivity index (χ2v) is 9.22. The lowest BCUT2D eigenvalue weighted by atomic mass is 10.0.